The van der Waals surface area contributed by atoms with Gasteiger partial charge in [0.25, 0.3) is 10.0 Å². The Morgan fingerprint density at radius 1 is 1.48 bits per heavy atom. The molecule has 0 aromatic carbocycles. The molecule has 1 aliphatic rings. The molecule has 7 nitrogen and oxygen atoms in total. The van der Waals surface area contributed by atoms with E-state index in [9.17, 15) is 8.42 Å². The molecule has 1 aliphatic carbocycles. The largest absolute Gasteiger partial charge is 0.396 e. The van der Waals surface area contributed by atoms with Gasteiger partial charge < -0.3 is 5.11 Å². The highest BCUT2D eigenvalue weighted by Gasteiger charge is 2.27. The van der Waals surface area contributed by atoms with Crippen LogP contribution in [-0.2, 0) is 16.6 Å². The van der Waals surface area contributed by atoms with Gasteiger partial charge in [0.1, 0.15) is 4.90 Å². The zero-order valence-electron chi connectivity index (χ0n) is 11.3. The Balaban J connectivity index is 1.71. The highest BCUT2D eigenvalue weighted by Crippen LogP contribution is 2.41. The Hall–Kier alpha value is -1.45. The zero-order chi connectivity index (χ0) is 14.9. The van der Waals surface area contributed by atoms with Gasteiger partial charge in [-0.05, 0) is 19.3 Å². The highest BCUT2D eigenvalue weighted by atomic mass is 32.2. The molecule has 0 spiro atoms. The Labute approximate surface area is 126 Å². The number of aromatic nitrogens is 3. The number of aliphatic hydroxyl groups is 1. The molecule has 0 atom stereocenters. The van der Waals surface area contributed by atoms with Crippen LogP contribution in [0.25, 0.3) is 0 Å². The van der Waals surface area contributed by atoms with E-state index in [0.29, 0.717) is 24.0 Å². The van der Waals surface area contributed by atoms with Gasteiger partial charge in [0.2, 0.25) is 0 Å². The first-order valence-corrected chi connectivity index (χ1v) is 9.06. The lowest BCUT2D eigenvalue weighted by atomic mass is 10.3. The van der Waals surface area contributed by atoms with E-state index in [0.717, 1.165) is 18.5 Å². The van der Waals surface area contributed by atoms with Crippen molar-refractivity contribution in [2.45, 2.75) is 36.6 Å². The highest BCUT2D eigenvalue weighted by molar-refractivity contribution is 7.93. The number of sulfonamides is 1. The third-order valence-electron chi connectivity index (χ3n) is 3.20. The molecule has 1 fully saturated rings. The molecule has 0 radical (unpaired) electrons. The van der Waals surface area contributed by atoms with Crippen LogP contribution >= 0.6 is 11.3 Å². The summed E-state index contributed by atoms with van der Waals surface area (Å²) in [6, 6.07) is 0. The summed E-state index contributed by atoms with van der Waals surface area (Å²) in [4.78, 5) is 4.41. The molecule has 3 rings (SSSR count). The fourth-order valence-corrected chi connectivity index (χ4v) is 3.91. The minimum Gasteiger partial charge on any atom is -0.396 e. The summed E-state index contributed by atoms with van der Waals surface area (Å²) in [6.45, 7) is 0.526. The van der Waals surface area contributed by atoms with E-state index in [-0.39, 0.29) is 11.5 Å². The molecule has 0 aliphatic heterocycles. The van der Waals surface area contributed by atoms with Crippen molar-refractivity contribution in [3.05, 3.63) is 23.5 Å². The van der Waals surface area contributed by atoms with Crippen LogP contribution in [-0.4, -0.2) is 34.9 Å². The van der Waals surface area contributed by atoms with Gasteiger partial charge >= 0.3 is 0 Å². The minimum absolute atomic E-state index is 0.0449. The number of hydrogen-bond donors (Lipinski definition) is 2. The summed E-state index contributed by atoms with van der Waals surface area (Å²) >= 11 is 1.30. The SMILES string of the molecule is O=S(=O)(Nc1nc(C2CC2)cs1)c1cnn(CCCO)c1. The molecule has 9 heteroatoms. The maximum Gasteiger partial charge on any atom is 0.266 e. The summed E-state index contributed by atoms with van der Waals surface area (Å²) in [6.07, 6.45) is 5.55. The normalized spacial score (nSPS) is 15.3. The van der Waals surface area contributed by atoms with Gasteiger partial charge in [-0.3, -0.25) is 9.40 Å². The number of aryl methyl sites for hydroxylation is 1. The van der Waals surface area contributed by atoms with E-state index in [1.54, 1.807) is 0 Å². The van der Waals surface area contributed by atoms with Gasteiger partial charge in [-0.25, -0.2) is 13.4 Å². The molecule has 0 amide bonds. The smallest absolute Gasteiger partial charge is 0.266 e. The van der Waals surface area contributed by atoms with Gasteiger partial charge in [-0.1, -0.05) is 0 Å². The fraction of sp³-hybridized carbons (Fsp3) is 0.500. The van der Waals surface area contributed by atoms with Gasteiger partial charge in [-0.15, -0.1) is 11.3 Å². The van der Waals surface area contributed by atoms with Crippen molar-refractivity contribution in [2.24, 2.45) is 0 Å². The number of nitrogens with zero attached hydrogens (tertiary/aromatic N) is 3. The second kappa shape index (κ2) is 5.74. The van der Waals surface area contributed by atoms with E-state index in [2.05, 4.69) is 14.8 Å². The van der Waals surface area contributed by atoms with Crippen LogP contribution in [0.3, 0.4) is 0 Å². The van der Waals surface area contributed by atoms with Crippen LogP contribution in [0.5, 0.6) is 0 Å². The Morgan fingerprint density at radius 2 is 2.29 bits per heavy atom. The summed E-state index contributed by atoms with van der Waals surface area (Å²) in [5.41, 5.74) is 0.969. The van der Waals surface area contributed by atoms with Crippen LogP contribution in [0, 0.1) is 0 Å². The first kappa shape index (κ1) is 14.5. The average molecular weight is 328 g/mol. The second-order valence-electron chi connectivity index (χ2n) is 4.97. The topological polar surface area (TPSA) is 97.1 Å². The number of hydrogen-bond acceptors (Lipinski definition) is 6. The lowest BCUT2D eigenvalue weighted by molar-refractivity contribution is 0.277. The lowest BCUT2D eigenvalue weighted by Gasteiger charge is -2.02. The number of aliphatic hydroxyl groups excluding tert-OH is 1. The monoisotopic (exact) mass is 328 g/mol. The summed E-state index contributed by atoms with van der Waals surface area (Å²) in [5.74, 6) is 0.501. The molecule has 0 bridgehead atoms. The third-order valence-corrected chi connectivity index (χ3v) is 5.40. The predicted octanol–water partition coefficient (Wildman–Crippen LogP) is 1.40. The fourth-order valence-electron chi connectivity index (χ4n) is 1.91. The van der Waals surface area contributed by atoms with Crippen LogP contribution < -0.4 is 4.72 Å². The van der Waals surface area contributed by atoms with E-state index in [1.807, 2.05) is 5.38 Å². The second-order valence-corrected chi connectivity index (χ2v) is 7.51. The number of anilines is 1. The molecule has 1 saturated carbocycles. The number of rotatable bonds is 7. The maximum absolute atomic E-state index is 12.2. The lowest BCUT2D eigenvalue weighted by Crippen LogP contribution is -2.12. The Morgan fingerprint density at radius 3 is 3.00 bits per heavy atom. The Kier molecular flexibility index (Phi) is 3.96. The first-order chi connectivity index (χ1) is 10.1. The van der Waals surface area contributed by atoms with Gasteiger partial charge in [0.05, 0.1) is 11.9 Å². The van der Waals surface area contributed by atoms with Crippen LogP contribution in [0.15, 0.2) is 22.7 Å². The third kappa shape index (κ3) is 3.42. The van der Waals surface area contributed by atoms with E-state index in [4.69, 9.17) is 5.11 Å². The molecule has 2 N–H and O–H groups in total. The molecule has 21 heavy (non-hydrogen) atoms. The minimum atomic E-state index is -3.66. The molecule has 0 saturated heterocycles. The van der Waals surface area contributed by atoms with Crippen molar-refractivity contribution in [1.82, 2.24) is 14.8 Å². The first-order valence-electron chi connectivity index (χ1n) is 6.70. The Bertz CT molecular complexity index is 718. The van der Waals surface area contributed by atoms with Gasteiger partial charge in [-0.2, -0.15) is 5.10 Å². The number of thiazole rings is 1. The molecule has 0 unspecified atom stereocenters. The maximum atomic E-state index is 12.2. The van der Waals surface area contributed by atoms with E-state index in [1.165, 1.54) is 28.4 Å². The summed E-state index contributed by atoms with van der Waals surface area (Å²) in [5, 5.41) is 15.0. The molecule has 2 heterocycles. The molecular weight excluding hydrogens is 312 g/mol. The molecular formula is C12H16N4O3S2. The summed E-state index contributed by atoms with van der Waals surface area (Å²) < 4.78 is 28.5. The van der Waals surface area contributed by atoms with Crippen LogP contribution in [0.1, 0.15) is 30.9 Å². The van der Waals surface area contributed by atoms with E-state index < -0.39 is 10.0 Å². The van der Waals surface area contributed by atoms with Gasteiger partial charge in [0, 0.05) is 30.6 Å². The van der Waals surface area contributed by atoms with E-state index >= 15 is 0 Å². The molecule has 2 aromatic rings. The average Bonchev–Trinajstić information content (AvgIpc) is 3.00. The quantitative estimate of drug-likeness (QED) is 0.801. The van der Waals surface area contributed by atoms with Crippen molar-refractivity contribution in [2.75, 3.05) is 11.3 Å². The predicted molar refractivity (Wildman–Crippen MR) is 78.8 cm³/mol. The standard InChI is InChI=1S/C12H16N4O3S2/c17-5-1-4-16-7-10(6-13-16)21(18,19)15-12-14-11(8-20-12)9-2-3-9/h6-9,17H,1-5H2,(H,14,15). The van der Waals surface area contributed by atoms with Crippen LogP contribution in [0.2, 0.25) is 0 Å². The van der Waals surface area contributed by atoms with Crippen molar-refractivity contribution in [1.29, 1.82) is 0 Å². The van der Waals surface area contributed by atoms with Crippen molar-refractivity contribution in [3.8, 4) is 0 Å². The van der Waals surface area contributed by atoms with Crippen molar-refractivity contribution in [3.63, 3.8) is 0 Å². The zero-order valence-corrected chi connectivity index (χ0v) is 12.9. The van der Waals surface area contributed by atoms with Gasteiger partial charge in [0.15, 0.2) is 5.13 Å². The van der Waals surface area contributed by atoms with Crippen molar-refractivity contribution < 1.29 is 13.5 Å². The molecule has 2 aromatic heterocycles. The van der Waals surface area contributed by atoms with Crippen LogP contribution in [0.4, 0.5) is 5.13 Å². The number of nitrogens with one attached hydrogen (secondary N) is 1. The molecule has 114 valence electrons. The summed E-state index contributed by atoms with van der Waals surface area (Å²) in [7, 11) is -3.66. The van der Waals surface area contributed by atoms with Crippen molar-refractivity contribution >= 4 is 26.5 Å².